The van der Waals surface area contributed by atoms with E-state index < -0.39 is 52.8 Å². The molecule has 0 saturated carbocycles. The predicted molar refractivity (Wildman–Crippen MR) is 122 cm³/mol. The van der Waals surface area contributed by atoms with Gasteiger partial charge in [-0.3, -0.25) is 4.79 Å². The van der Waals surface area contributed by atoms with Gasteiger partial charge in [0.25, 0.3) is 5.91 Å². The zero-order valence-electron chi connectivity index (χ0n) is 18.6. The van der Waals surface area contributed by atoms with E-state index in [4.69, 9.17) is 5.26 Å². The lowest BCUT2D eigenvalue weighted by Gasteiger charge is -2.27. The second-order valence-corrected chi connectivity index (χ2v) is 9.02. The maximum absolute atomic E-state index is 13.3. The molecule has 37 heavy (non-hydrogen) atoms. The molecule has 0 heterocycles. The molecule has 0 fully saturated rings. The van der Waals surface area contributed by atoms with Crippen molar-refractivity contribution in [1.29, 1.82) is 5.26 Å². The molecule has 194 valence electrons. The Labute approximate surface area is 210 Å². The molecule has 0 radical (unpaired) electrons. The van der Waals surface area contributed by atoms with E-state index in [1.54, 1.807) is 0 Å². The molecule has 0 aliphatic carbocycles. The third-order valence-corrected chi connectivity index (χ3v) is 6.42. The molecule has 3 rings (SSSR count). The van der Waals surface area contributed by atoms with Gasteiger partial charge in [-0.2, -0.15) is 31.6 Å². The number of carbonyl (C=O) groups excluding carboxylic acids is 1. The van der Waals surface area contributed by atoms with E-state index in [2.05, 4.69) is 5.32 Å². The smallest absolute Gasteiger partial charge is 0.379 e. The van der Waals surface area contributed by atoms with Crippen LogP contribution in [-0.4, -0.2) is 22.4 Å². The number of hydrogen-bond donors (Lipinski definition) is 2. The third-order valence-electron chi connectivity index (χ3n) is 5.20. The van der Waals surface area contributed by atoms with Crippen molar-refractivity contribution in [2.75, 3.05) is 11.1 Å². The van der Waals surface area contributed by atoms with E-state index in [1.165, 1.54) is 18.2 Å². The number of anilines is 1. The molecule has 0 aliphatic rings. The summed E-state index contributed by atoms with van der Waals surface area (Å²) in [7, 11) is 0. The summed E-state index contributed by atoms with van der Waals surface area (Å²) >= 11 is 0.935. The minimum absolute atomic E-state index is 0.154. The molecule has 0 saturated heterocycles. The van der Waals surface area contributed by atoms with E-state index in [9.17, 15) is 40.6 Å². The van der Waals surface area contributed by atoms with Crippen LogP contribution in [0.4, 0.5) is 36.4 Å². The van der Waals surface area contributed by atoms with Gasteiger partial charge in [-0.15, -0.1) is 11.8 Å². The normalized spacial score (nSPS) is 13.5. The number of rotatable bonds is 7. The number of halogens is 7. The molecule has 2 N–H and O–H groups in total. The SMILES string of the molecule is N#Cc1ccc(NC(=O)[C@@](O)(CSc2ccc(F)cc2)Cc2ccc(C(F)(F)F)cc2)cc1C(F)(F)F. The molecule has 1 atom stereocenters. The van der Waals surface area contributed by atoms with Crippen molar-refractivity contribution >= 4 is 23.4 Å². The van der Waals surface area contributed by atoms with Crippen LogP contribution in [0.1, 0.15) is 22.3 Å². The Morgan fingerprint density at radius 1 is 0.919 bits per heavy atom. The Morgan fingerprint density at radius 3 is 2.08 bits per heavy atom. The Kier molecular flexibility index (Phi) is 8.19. The minimum Gasteiger partial charge on any atom is -0.379 e. The van der Waals surface area contributed by atoms with E-state index in [1.807, 2.05) is 0 Å². The van der Waals surface area contributed by atoms with Crippen molar-refractivity contribution in [3.8, 4) is 6.07 Å². The molecule has 0 spiro atoms. The first-order chi connectivity index (χ1) is 17.2. The second-order valence-electron chi connectivity index (χ2n) is 7.97. The Morgan fingerprint density at radius 2 is 1.54 bits per heavy atom. The molecule has 1 amide bonds. The average Bonchev–Trinajstić information content (AvgIpc) is 2.83. The van der Waals surface area contributed by atoms with Crippen molar-refractivity contribution in [3.63, 3.8) is 0 Å². The molecule has 12 heteroatoms. The summed E-state index contributed by atoms with van der Waals surface area (Å²) in [6.45, 7) is 0. The van der Waals surface area contributed by atoms with Crippen molar-refractivity contribution in [3.05, 3.63) is 94.8 Å². The van der Waals surface area contributed by atoms with Gasteiger partial charge in [0.05, 0.1) is 22.8 Å². The molecule has 4 nitrogen and oxygen atoms in total. The standard InChI is InChI=1S/C25H17F7N2O2S/c26-18-6-9-20(10-7-18)37-14-23(36,12-15-1-4-17(5-2-15)24(27,28)29)22(35)34-19-8-3-16(13-33)21(11-19)25(30,31)32/h1-11,36H,12,14H2,(H,34,35)/t23-/m0/s1. The molecule has 0 unspecified atom stereocenters. The van der Waals surface area contributed by atoms with Crippen molar-refractivity contribution in [1.82, 2.24) is 0 Å². The fourth-order valence-corrected chi connectivity index (χ4v) is 4.25. The molecule has 3 aromatic rings. The summed E-state index contributed by atoms with van der Waals surface area (Å²) in [6.07, 6.45) is -9.97. The summed E-state index contributed by atoms with van der Waals surface area (Å²) in [5.41, 5.74) is -5.40. The van der Waals surface area contributed by atoms with Crippen LogP contribution in [0.25, 0.3) is 0 Å². The molecular formula is C25H17F7N2O2S. The second kappa shape index (κ2) is 10.8. The number of nitriles is 1. The number of aliphatic hydroxyl groups is 1. The van der Waals surface area contributed by atoms with Gasteiger partial charge in [0, 0.05) is 22.8 Å². The maximum Gasteiger partial charge on any atom is 0.417 e. The summed E-state index contributed by atoms with van der Waals surface area (Å²) in [5.74, 6) is -2.02. The lowest BCUT2D eigenvalue weighted by Crippen LogP contribution is -2.47. The first-order valence-electron chi connectivity index (χ1n) is 10.4. The highest BCUT2D eigenvalue weighted by Crippen LogP contribution is 2.35. The first-order valence-corrected chi connectivity index (χ1v) is 11.4. The highest BCUT2D eigenvalue weighted by molar-refractivity contribution is 7.99. The summed E-state index contributed by atoms with van der Waals surface area (Å²) in [6, 6.07) is 12.6. The van der Waals surface area contributed by atoms with Crippen LogP contribution in [0.2, 0.25) is 0 Å². The zero-order chi connectivity index (χ0) is 27.4. The van der Waals surface area contributed by atoms with Gasteiger partial charge in [0.15, 0.2) is 5.60 Å². The summed E-state index contributed by atoms with van der Waals surface area (Å²) in [5, 5.41) is 22.4. The van der Waals surface area contributed by atoms with Crippen LogP contribution >= 0.6 is 11.8 Å². The third kappa shape index (κ3) is 7.24. The molecular weight excluding hydrogens is 525 g/mol. The lowest BCUT2D eigenvalue weighted by molar-refractivity contribution is -0.138. The fourth-order valence-electron chi connectivity index (χ4n) is 3.28. The number of benzene rings is 3. The monoisotopic (exact) mass is 542 g/mol. The van der Waals surface area contributed by atoms with E-state index >= 15 is 0 Å². The van der Waals surface area contributed by atoms with Crippen LogP contribution in [0.3, 0.4) is 0 Å². The quantitative estimate of drug-likeness (QED) is 0.266. The minimum atomic E-state index is -4.89. The van der Waals surface area contributed by atoms with Crippen LogP contribution in [0.15, 0.2) is 71.6 Å². The molecule has 0 bridgehead atoms. The summed E-state index contributed by atoms with van der Waals surface area (Å²) in [4.78, 5) is 13.6. The highest BCUT2D eigenvalue weighted by atomic mass is 32.2. The number of nitrogens with one attached hydrogen (secondary N) is 1. The van der Waals surface area contributed by atoms with Gasteiger partial charge in [-0.05, 0) is 60.2 Å². The van der Waals surface area contributed by atoms with Crippen LogP contribution in [-0.2, 0) is 23.6 Å². The summed E-state index contributed by atoms with van der Waals surface area (Å²) < 4.78 is 91.8. The van der Waals surface area contributed by atoms with Gasteiger partial charge in [0.2, 0.25) is 0 Å². The van der Waals surface area contributed by atoms with Gasteiger partial charge in [-0.1, -0.05) is 12.1 Å². The number of amides is 1. The van der Waals surface area contributed by atoms with Gasteiger partial charge < -0.3 is 10.4 Å². The highest BCUT2D eigenvalue weighted by Gasteiger charge is 2.38. The Bertz CT molecular complexity index is 1300. The van der Waals surface area contributed by atoms with E-state index in [0.29, 0.717) is 11.0 Å². The molecule has 0 aromatic heterocycles. The fraction of sp³-hybridized carbons (Fsp3) is 0.200. The Hall–Kier alpha value is -3.56. The maximum atomic E-state index is 13.3. The van der Waals surface area contributed by atoms with Crippen LogP contribution in [0.5, 0.6) is 0 Å². The molecule has 0 aliphatic heterocycles. The van der Waals surface area contributed by atoms with Crippen LogP contribution < -0.4 is 5.32 Å². The number of nitrogens with zero attached hydrogens (tertiary/aromatic N) is 1. The van der Waals surface area contributed by atoms with E-state index in [-0.39, 0.29) is 17.0 Å². The van der Waals surface area contributed by atoms with Gasteiger partial charge >= 0.3 is 12.4 Å². The zero-order valence-corrected chi connectivity index (χ0v) is 19.4. The first kappa shape index (κ1) is 28.0. The molecule has 3 aromatic carbocycles. The number of thioether (sulfide) groups is 1. The van der Waals surface area contributed by atoms with Crippen molar-refractivity contribution in [2.24, 2.45) is 0 Å². The number of hydrogen-bond acceptors (Lipinski definition) is 4. The predicted octanol–water partition coefficient (Wildman–Crippen LogP) is 6.44. The van der Waals surface area contributed by atoms with Gasteiger partial charge in [-0.25, -0.2) is 4.39 Å². The van der Waals surface area contributed by atoms with Crippen LogP contribution in [0, 0.1) is 17.1 Å². The Balaban J connectivity index is 1.90. The topological polar surface area (TPSA) is 73.1 Å². The average molecular weight is 542 g/mol. The van der Waals surface area contributed by atoms with E-state index in [0.717, 1.165) is 60.3 Å². The van der Waals surface area contributed by atoms with Crippen molar-refractivity contribution in [2.45, 2.75) is 29.3 Å². The van der Waals surface area contributed by atoms with Gasteiger partial charge in [0.1, 0.15) is 5.82 Å². The van der Waals surface area contributed by atoms with Crippen molar-refractivity contribution < 1.29 is 40.6 Å². The number of carbonyl (C=O) groups is 1. The number of alkyl halides is 6. The largest absolute Gasteiger partial charge is 0.417 e. The lowest BCUT2D eigenvalue weighted by atomic mass is 9.94.